The lowest BCUT2D eigenvalue weighted by Crippen LogP contribution is -1.90. The van der Waals surface area contributed by atoms with Gasteiger partial charge in [-0.05, 0) is 42.8 Å². The summed E-state index contributed by atoms with van der Waals surface area (Å²) in [6, 6.07) is 10.1. The third-order valence-electron chi connectivity index (χ3n) is 3.71. The summed E-state index contributed by atoms with van der Waals surface area (Å²) in [5, 5.41) is 0. The number of aromatic nitrogens is 4. The van der Waals surface area contributed by atoms with Crippen molar-refractivity contribution in [2.75, 3.05) is 7.11 Å². The minimum Gasteiger partial charge on any atom is -0.497 e. The van der Waals surface area contributed by atoms with Crippen LogP contribution in [0, 0.1) is 6.92 Å². The monoisotopic (exact) mass is 278 g/mol. The fraction of sp³-hybridized carbons (Fsp3) is 0.125. The van der Waals surface area contributed by atoms with Crippen molar-refractivity contribution in [1.82, 2.24) is 19.4 Å². The van der Waals surface area contributed by atoms with Gasteiger partial charge < -0.3 is 9.72 Å². The highest BCUT2D eigenvalue weighted by atomic mass is 16.5. The summed E-state index contributed by atoms with van der Waals surface area (Å²) < 4.78 is 7.30. The Labute approximate surface area is 121 Å². The highest BCUT2D eigenvalue weighted by molar-refractivity contribution is 5.82. The smallest absolute Gasteiger partial charge is 0.154 e. The molecule has 0 fully saturated rings. The SMILES string of the molecule is COc1ccc(-c2cc3c(ncc4cnc(C)n43)[nH]2)cc1. The number of ether oxygens (including phenoxy) is 1. The van der Waals surface area contributed by atoms with Crippen LogP contribution in [0.5, 0.6) is 5.75 Å². The van der Waals surface area contributed by atoms with Crippen molar-refractivity contribution in [2.45, 2.75) is 6.92 Å². The highest BCUT2D eigenvalue weighted by Gasteiger charge is 2.09. The lowest BCUT2D eigenvalue weighted by Gasteiger charge is -2.00. The summed E-state index contributed by atoms with van der Waals surface area (Å²) in [5.74, 6) is 1.80. The van der Waals surface area contributed by atoms with Crippen LogP contribution in [0.3, 0.4) is 0 Å². The Balaban J connectivity index is 1.93. The Kier molecular flexibility index (Phi) is 2.47. The minimum atomic E-state index is 0.848. The summed E-state index contributed by atoms with van der Waals surface area (Å²) in [6.45, 7) is 1.99. The van der Waals surface area contributed by atoms with E-state index >= 15 is 0 Å². The van der Waals surface area contributed by atoms with E-state index in [2.05, 4.69) is 25.4 Å². The van der Waals surface area contributed by atoms with Crippen LogP contribution >= 0.6 is 0 Å². The number of aryl methyl sites for hydroxylation is 1. The molecule has 5 nitrogen and oxygen atoms in total. The van der Waals surface area contributed by atoms with E-state index in [0.29, 0.717) is 0 Å². The zero-order valence-electron chi connectivity index (χ0n) is 11.8. The molecule has 104 valence electrons. The number of imidazole rings is 1. The predicted molar refractivity (Wildman–Crippen MR) is 81.6 cm³/mol. The Morgan fingerprint density at radius 3 is 2.62 bits per heavy atom. The zero-order chi connectivity index (χ0) is 14.4. The second-order valence-electron chi connectivity index (χ2n) is 4.97. The zero-order valence-corrected chi connectivity index (χ0v) is 11.8. The quantitative estimate of drug-likeness (QED) is 0.612. The molecule has 3 aromatic heterocycles. The Hall–Kier alpha value is -2.82. The summed E-state index contributed by atoms with van der Waals surface area (Å²) in [5.41, 5.74) is 5.02. The summed E-state index contributed by atoms with van der Waals surface area (Å²) in [6.07, 6.45) is 3.67. The Bertz CT molecular complexity index is 934. The summed E-state index contributed by atoms with van der Waals surface area (Å²) >= 11 is 0. The Morgan fingerprint density at radius 1 is 1.10 bits per heavy atom. The van der Waals surface area contributed by atoms with Gasteiger partial charge >= 0.3 is 0 Å². The van der Waals surface area contributed by atoms with Gasteiger partial charge in [0.1, 0.15) is 11.6 Å². The van der Waals surface area contributed by atoms with E-state index in [1.54, 1.807) is 7.11 Å². The van der Waals surface area contributed by atoms with Crippen LogP contribution in [0.15, 0.2) is 42.7 Å². The standard InChI is InChI=1S/C16H14N4O/c1-10-17-8-12-9-18-16-15(20(10)12)7-14(19-16)11-3-5-13(21-2)6-4-11/h3-9,19H,1-2H3. The first-order valence-corrected chi connectivity index (χ1v) is 6.72. The average Bonchev–Trinajstić information content (AvgIpc) is 3.11. The number of fused-ring (bicyclic) bond motifs is 3. The molecule has 4 aromatic rings. The molecule has 0 atom stereocenters. The average molecular weight is 278 g/mol. The van der Waals surface area contributed by atoms with Gasteiger partial charge in [-0.2, -0.15) is 0 Å². The molecule has 0 unspecified atom stereocenters. The number of H-pyrrole nitrogens is 1. The van der Waals surface area contributed by atoms with Gasteiger partial charge in [-0.1, -0.05) is 0 Å². The molecular formula is C16H14N4O. The van der Waals surface area contributed by atoms with Gasteiger partial charge in [-0.3, -0.25) is 4.40 Å². The summed E-state index contributed by atoms with van der Waals surface area (Å²) in [7, 11) is 1.67. The van der Waals surface area contributed by atoms with E-state index in [1.165, 1.54) is 0 Å². The van der Waals surface area contributed by atoms with Gasteiger partial charge in [0, 0.05) is 5.69 Å². The molecule has 0 amide bonds. The molecule has 0 aliphatic rings. The van der Waals surface area contributed by atoms with E-state index < -0.39 is 0 Å². The molecule has 3 heterocycles. The maximum atomic E-state index is 5.19. The van der Waals surface area contributed by atoms with Crippen molar-refractivity contribution in [3.63, 3.8) is 0 Å². The van der Waals surface area contributed by atoms with Crippen molar-refractivity contribution >= 4 is 16.7 Å². The van der Waals surface area contributed by atoms with Crippen molar-refractivity contribution in [3.8, 4) is 17.0 Å². The molecule has 5 heteroatoms. The van der Waals surface area contributed by atoms with E-state index in [-0.39, 0.29) is 0 Å². The predicted octanol–water partition coefficient (Wildman–Crippen LogP) is 3.19. The maximum absolute atomic E-state index is 5.19. The van der Waals surface area contributed by atoms with Crippen LogP contribution in [0.2, 0.25) is 0 Å². The molecule has 0 spiro atoms. The third-order valence-corrected chi connectivity index (χ3v) is 3.71. The number of aromatic amines is 1. The second kappa shape index (κ2) is 4.34. The molecule has 4 rings (SSSR count). The topological polar surface area (TPSA) is 55.2 Å². The molecule has 1 aromatic carbocycles. The largest absolute Gasteiger partial charge is 0.497 e. The number of methoxy groups -OCH3 is 1. The molecule has 0 radical (unpaired) electrons. The van der Waals surface area contributed by atoms with Crippen LogP contribution in [-0.4, -0.2) is 26.5 Å². The normalized spacial score (nSPS) is 11.3. The van der Waals surface area contributed by atoms with Crippen LogP contribution in [-0.2, 0) is 0 Å². The molecule has 0 bridgehead atoms. The number of hydrogen-bond donors (Lipinski definition) is 1. The number of rotatable bonds is 2. The maximum Gasteiger partial charge on any atom is 0.154 e. The van der Waals surface area contributed by atoms with Gasteiger partial charge in [0.15, 0.2) is 5.65 Å². The van der Waals surface area contributed by atoms with Crippen LogP contribution in [0.25, 0.3) is 27.9 Å². The highest BCUT2D eigenvalue weighted by Crippen LogP contribution is 2.26. The van der Waals surface area contributed by atoms with E-state index in [1.807, 2.05) is 43.6 Å². The molecule has 0 saturated carbocycles. The lowest BCUT2D eigenvalue weighted by molar-refractivity contribution is 0.415. The van der Waals surface area contributed by atoms with E-state index in [0.717, 1.165) is 39.5 Å². The molecule has 21 heavy (non-hydrogen) atoms. The van der Waals surface area contributed by atoms with Crippen LogP contribution in [0.4, 0.5) is 0 Å². The number of benzene rings is 1. The number of nitrogens with zero attached hydrogens (tertiary/aromatic N) is 3. The second-order valence-corrected chi connectivity index (χ2v) is 4.97. The van der Waals surface area contributed by atoms with Crippen LogP contribution < -0.4 is 4.74 Å². The molecule has 0 aliphatic carbocycles. The molecule has 0 aliphatic heterocycles. The molecule has 0 saturated heterocycles. The third kappa shape index (κ3) is 1.78. The van der Waals surface area contributed by atoms with Gasteiger partial charge in [0.2, 0.25) is 0 Å². The van der Waals surface area contributed by atoms with Gasteiger partial charge in [-0.25, -0.2) is 9.97 Å². The molecule has 1 N–H and O–H groups in total. The van der Waals surface area contributed by atoms with Crippen molar-refractivity contribution in [2.24, 2.45) is 0 Å². The number of nitrogens with one attached hydrogen (secondary N) is 1. The van der Waals surface area contributed by atoms with Gasteiger partial charge in [0.25, 0.3) is 0 Å². The summed E-state index contributed by atoms with van der Waals surface area (Å²) in [4.78, 5) is 12.2. The first-order valence-electron chi connectivity index (χ1n) is 6.72. The fourth-order valence-electron chi connectivity index (χ4n) is 2.62. The minimum absolute atomic E-state index is 0.848. The first kappa shape index (κ1) is 12.0. The first-order chi connectivity index (χ1) is 10.3. The van der Waals surface area contributed by atoms with Crippen molar-refractivity contribution in [1.29, 1.82) is 0 Å². The fourth-order valence-corrected chi connectivity index (χ4v) is 2.62. The van der Waals surface area contributed by atoms with Crippen molar-refractivity contribution in [3.05, 3.63) is 48.5 Å². The number of hydrogen-bond acceptors (Lipinski definition) is 3. The van der Waals surface area contributed by atoms with Gasteiger partial charge in [-0.15, -0.1) is 0 Å². The van der Waals surface area contributed by atoms with Crippen molar-refractivity contribution < 1.29 is 4.74 Å². The lowest BCUT2D eigenvalue weighted by atomic mass is 10.1. The van der Waals surface area contributed by atoms with E-state index in [4.69, 9.17) is 4.74 Å². The Morgan fingerprint density at radius 2 is 1.86 bits per heavy atom. The van der Waals surface area contributed by atoms with Crippen LogP contribution in [0.1, 0.15) is 5.82 Å². The molecular weight excluding hydrogens is 264 g/mol. The van der Waals surface area contributed by atoms with Gasteiger partial charge in [0.05, 0.1) is 30.5 Å². The van der Waals surface area contributed by atoms with E-state index in [9.17, 15) is 0 Å².